The van der Waals surface area contributed by atoms with Gasteiger partial charge in [0.2, 0.25) is 0 Å². The van der Waals surface area contributed by atoms with Gasteiger partial charge in [0, 0.05) is 43.3 Å². The van der Waals surface area contributed by atoms with Gasteiger partial charge in [-0.25, -0.2) is 0 Å². The zero-order valence-electron chi connectivity index (χ0n) is 16.8. The molecule has 3 nitrogen and oxygen atoms in total. The summed E-state index contributed by atoms with van der Waals surface area (Å²) in [4.78, 5) is 5.62. The van der Waals surface area contributed by atoms with E-state index in [1.165, 1.54) is 5.56 Å². The zero-order chi connectivity index (χ0) is 20.8. The van der Waals surface area contributed by atoms with Crippen molar-refractivity contribution in [1.29, 1.82) is 0 Å². The number of rotatable bonds is 6. The predicted molar refractivity (Wildman–Crippen MR) is 127 cm³/mol. The fourth-order valence-corrected chi connectivity index (χ4v) is 4.20. The maximum absolute atomic E-state index is 6.27. The Hall–Kier alpha value is -2.40. The summed E-state index contributed by atoms with van der Waals surface area (Å²) in [6, 6.07) is 26.4. The molecule has 1 saturated heterocycles. The Balaban J connectivity index is 1.37. The number of para-hydroxylation sites is 1. The molecule has 1 aliphatic heterocycles. The van der Waals surface area contributed by atoms with E-state index in [1.54, 1.807) is 0 Å². The SMILES string of the molecule is S=C(c1ccccc1OCc1ccccc1Cl)N1CCN(Cc2ccccc2)CC1. The lowest BCUT2D eigenvalue weighted by Crippen LogP contribution is -2.48. The van der Waals surface area contributed by atoms with E-state index >= 15 is 0 Å². The van der Waals surface area contributed by atoms with Gasteiger partial charge in [-0.15, -0.1) is 0 Å². The average Bonchev–Trinajstić information content (AvgIpc) is 2.79. The summed E-state index contributed by atoms with van der Waals surface area (Å²) in [6.45, 7) is 5.24. The van der Waals surface area contributed by atoms with Crippen molar-refractivity contribution >= 4 is 28.8 Å². The van der Waals surface area contributed by atoms with E-state index in [1.807, 2.05) is 48.5 Å². The molecule has 0 spiro atoms. The Labute approximate surface area is 188 Å². The minimum atomic E-state index is 0.421. The molecule has 0 unspecified atom stereocenters. The summed E-state index contributed by atoms with van der Waals surface area (Å²) in [7, 11) is 0. The number of piperazine rings is 1. The van der Waals surface area contributed by atoms with E-state index in [-0.39, 0.29) is 0 Å². The van der Waals surface area contributed by atoms with E-state index in [0.29, 0.717) is 11.6 Å². The first-order valence-corrected chi connectivity index (χ1v) is 11.0. The molecule has 5 heteroatoms. The van der Waals surface area contributed by atoms with E-state index in [0.717, 1.165) is 54.6 Å². The van der Waals surface area contributed by atoms with Gasteiger partial charge in [-0.3, -0.25) is 4.90 Å². The molecule has 1 heterocycles. The summed E-state index contributed by atoms with van der Waals surface area (Å²) in [5, 5.41) is 0.715. The molecule has 0 aromatic heterocycles. The van der Waals surface area contributed by atoms with Crippen molar-refractivity contribution in [2.24, 2.45) is 0 Å². The largest absolute Gasteiger partial charge is 0.488 e. The maximum atomic E-state index is 6.27. The topological polar surface area (TPSA) is 15.7 Å². The van der Waals surface area contributed by atoms with Gasteiger partial charge < -0.3 is 9.64 Å². The van der Waals surface area contributed by atoms with Gasteiger partial charge in [0.15, 0.2) is 0 Å². The second kappa shape index (κ2) is 10.1. The summed E-state index contributed by atoms with van der Waals surface area (Å²) < 4.78 is 6.11. The molecule has 154 valence electrons. The summed E-state index contributed by atoms with van der Waals surface area (Å²) in [6.07, 6.45) is 0. The highest BCUT2D eigenvalue weighted by Crippen LogP contribution is 2.24. The van der Waals surface area contributed by atoms with Crippen molar-refractivity contribution in [2.75, 3.05) is 26.2 Å². The Kier molecular flexibility index (Phi) is 7.00. The first-order chi connectivity index (χ1) is 14.7. The van der Waals surface area contributed by atoms with Crippen LogP contribution in [0.15, 0.2) is 78.9 Å². The standard InChI is InChI=1S/C25H25ClN2OS/c26-23-12-6-4-10-21(23)19-29-24-13-7-5-11-22(24)25(30)28-16-14-27(15-17-28)18-20-8-2-1-3-9-20/h1-13H,14-19H2. The van der Waals surface area contributed by atoms with Crippen LogP contribution in [0, 0.1) is 0 Å². The third kappa shape index (κ3) is 5.20. The minimum Gasteiger partial charge on any atom is -0.488 e. The van der Waals surface area contributed by atoms with Gasteiger partial charge in [0.05, 0.1) is 5.56 Å². The number of hydrogen-bond donors (Lipinski definition) is 0. The van der Waals surface area contributed by atoms with Gasteiger partial charge in [0.25, 0.3) is 0 Å². The van der Waals surface area contributed by atoms with Crippen LogP contribution in [0.1, 0.15) is 16.7 Å². The first kappa shape index (κ1) is 20.9. The molecule has 0 atom stereocenters. The van der Waals surface area contributed by atoms with E-state index < -0.39 is 0 Å². The lowest BCUT2D eigenvalue weighted by molar-refractivity contribution is 0.177. The first-order valence-electron chi connectivity index (χ1n) is 10.2. The molecule has 3 aromatic rings. The maximum Gasteiger partial charge on any atom is 0.130 e. The van der Waals surface area contributed by atoms with Gasteiger partial charge in [-0.2, -0.15) is 0 Å². The Morgan fingerprint density at radius 3 is 2.27 bits per heavy atom. The van der Waals surface area contributed by atoms with Crippen LogP contribution in [-0.2, 0) is 13.2 Å². The molecule has 0 aliphatic carbocycles. The van der Waals surface area contributed by atoms with Crippen molar-refractivity contribution in [2.45, 2.75) is 13.2 Å². The van der Waals surface area contributed by atoms with E-state index in [9.17, 15) is 0 Å². The third-order valence-electron chi connectivity index (χ3n) is 5.37. The molecule has 4 rings (SSSR count). The summed E-state index contributed by atoms with van der Waals surface area (Å²) in [5.74, 6) is 0.800. The van der Waals surface area contributed by atoms with Crippen LogP contribution in [-0.4, -0.2) is 41.0 Å². The van der Waals surface area contributed by atoms with Crippen molar-refractivity contribution < 1.29 is 4.74 Å². The highest BCUT2D eigenvalue weighted by molar-refractivity contribution is 7.80. The zero-order valence-corrected chi connectivity index (χ0v) is 18.4. The lowest BCUT2D eigenvalue weighted by Gasteiger charge is -2.36. The number of benzene rings is 3. The highest BCUT2D eigenvalue weighted by Gasteiger charge is 2.21. The molecule has 0 N–H and O–H groups in total. The quantitative estimate of drug-likeness (QED) is 0.480. The van der Waals surface area contributed by atoms with Gasteiger partial charge in [0.1, 0.15) is 17.3 Å². The van der Waals surface area contributed by atoms with E-state index in [4.69, 9.17) is 28.6 Å². The predicted octanol–water partition coefficient (Wildman–Crippen LogP) is 5.41. The normalized spacial score (nSPS) is 14.5. The van der Waals surface area contributed by atoms with Crippen LogP contribution in [0.5, 0.6) is 5.75 Å². The van der Waals surface area contributed by atoms with Crippen molar-refractivity contribution in [3.8, 4) is 5.75 Å². The Bertz CT molecular complexity index is 987. The molecular weight excluding hydrogens is 412 g/mol. The van der Waals surface area contributed by atoms with Crippen molar-refractivity contribution in [3.63, 3.8) is 0 Å². The fourth-order valence-electron chi connectivity index (χ4n) is 3.66. The van der Waals surface area contributed by atoms with E-state index in [2.05, 4.69) is 40.1 Å². The third-order valence-corrected chi connectivity index (χ3v) is 6.21. The van der Waals surface area contributed by atoms with Gasteiger partial charge in [-0.05, 0) is 23.8 Å². The molecule has 3 aromatic carbocycles. The number of ether oxygens (including phenoxy) is 1. The molecule has 0 bridgehead atoms. The number of hydrogen-bond acceptors (Lipinski definition) is 3. The number of nitrogens with zero attached hydrogens (tertiary/aromatic N) is 2. The molecule has 1 fully saturated rings. The molecule has 1 aliphatic rings. The van der Waals surface area contributed by atoms with Crippen LogP contribution in [0.3, 0.4) is 0 Å². The molecule has 0 amide bonds. The van der Waals surface area contributed by atoms with Crippen molar-refractivity contribution in [3.05, 3.63) is 101 Å². The lowest BCUT2D eigenvalue weighted by atomic mass is 10.1. The Morgan fingerprint density at radius 2 is 1.50 bits per heavy atom. The smallest absolute Gasteiger partial charge is 0.130 e. The average molecular weight is 437 g/mol. The number of thiocarbonyl (C=S) groups is 1. The monoisotopic (exact) mass is 436 g/mol. The van der Waals surface area contributed by atoms with Crippen molar-refractivity contribution in [1.82, 2.24) is 9.80 Å². The fraction of sp³-hybridized carbons (Fsp3) is 0.240. The molecule has 0 radical (unpaired) electrons. The van der Waals surface area contributed by atoms with Gasteiger partial charge in [-0.1, -0.05) is 84.5 Å². The summed E-state index contributed by atoms with van der Waals surface area (Å²) >= 11 is 12.1. The van der Waals surface area contributed by atoms with Crippen LogP contribution >= 0.6 is 23.8 Å². The highest BCUT2D eigenvalue weighted by atomic mass is 35.5. The van der Waals surface area contributed by atoms with Crippen LogP contribution in [0.2, 0.25) is 5.02 Å². The molecular formula is C25H25ClN2OS. The second-order valence-electron chi connectivity index (χ2n) is 7.43. The molecule has 0 saturated carbocycles. The van der Waals surface area contributed by atoms with Gasteiger partial charge >= 0.3 is 0 Å². The minimum absolute atomic E-state index is 0.421. The van der Waals surface area contributed by atoms with Crippen LogP contribution in [0.4, 0.5) is 0 Å². The number of halogens is 1. The Morgan fingerprint density at radius 1 is 0.833 bits per heavy atom. The second-order valence-corrected chi connectivity index (χ2v) is 8.22. The van der Waals surface area contributed by atoms with Crippen LogP contribution < -0.4 is 4.74 Å². The molecule has 30 heavy (non-hydrogen) atoms. The van der Waals surface area contributed by atoms with Crippen LogP contribution in [0.25, 0.3) is 0 Å². The summed E-state index contributed by atoms with van der Waals surface area (Å²) in [5.41, 5.74) is 3.29.